The highest BCUT2D eigenvalue weighted by molar-refractivity contribution is 7.90. The lowest BCUT2D eigenvalue weighted by atomic mass is 10.0. The van der Waals surface area contributed by atoms with Gasteiger partial charge < -0.3 is 14.4 Å². The summed E-state index contributed by atoms with van der Waals surface area (Å²) < 4.78 is 38.6. The van der Waals surface area contributed by atoms with Crippen molar-refractivity contribution in [1.82, 2.24) is 9.29 Å². The number of allylic oxidation sites excluding steroid dienone is 3. The van der Waals surface area contributed by atoms with Crippen molar-refractivity contribution in [1.29, 1.82) is 0 Å². The summed E-state index contributed by atoms with van der Waals surface area (Å²) >= 11 is 8.03. The number of halogens is 1. The van der Waals surface area contributed by atoms with Gasteiger partial charge in [0.15, 0.2) is 16.6 Å². The molecule has 1 fully saturated rings. The van der Waals surface area contributed by atoms with E-state index in [1.165, 1.54) is 0 Å². The monoisotopic (exact) mass is 495 g/mol. The molecule has 1 aromatic heterocycles. The van der Waals surface area contributed by atoms with Crippen molar-refractivity contribution in [3.05, 3.63) is 47.9 Å². The molecule has 2 heterocycles. The zero-order valence-corrected chi connectivity index (χ0v) is 20.6. The van der Waals surface area contributed by atoms with Gasteiger partial charge in [0.1, 0.15) is 5.25 Å². The van der Waals surface area contributed by atoms with Gasteiger partial charge >= 0.3 is 0 Å². The van der Waals surface area contributed by atoms with Crippen LogP contribution in [0.1, 0.15) is 6.92 Å². The molecule has 2 unspecified atom stereocenters. The molecule has 2 atom stereocenters. The van der Waals surface area contributed by atoms with E-state index in [1.807, 2.05) is 23.6 Å². The molecule has 2 aromatic rings. The summed E-state index contributed by atoms with van der Waals surface area (Å²) in [5, 5.41) is 2.09. The molecule has 1 saturated heterocycles. The number of nitrogens with zero attached hydrogens (tertiary/aromatic N) is 3. The molecular formula is C22H26ClN3O4S2. The van der Waals surface area contributed by atoms with Gasteiger partial charge in [-0.25, -0.2) is 13.4 Å². The second kappa shape index (κ2) is 9.05. The molecule has 1 aromatic carbocycles. The van der Waals surface area contributed by atoms with Crippen LogP contribution in [0, 0.1) is 0 Å². The first-order valence-electron chi connectivity index (χ1n) is 10.2. The Morgan fingerprint density at radius 2 is 1.84 bits per heavy atom. The normalized spacial score (nSPS) is 24.0. The summed E-state index contributed by atoms with van der Waals surface area (Å²) in [6.07, 6.45) is 6.94. The highest BCUT2D eigenvalue weighted by atomic mass is 35.5. The van der Waals surface area contributed by atoms with Crippen molar-refractivity contribution < 1.29 is 17.9 Å². The van der Waals surface area contributed by atoms with E-state index in [0.29, 0.717) is 37.7 Å². The number of benzene rings is 1. The average molecular weight is 496 g/mol. The fourth-order valence-electron chi connectivity index (χ4n) is 3.91. The molecule has 0 saturated carbocycles. The number of thiazole rings is 1. The summed E-state index contributed by atoms with van der Waals surface area (Å²) in [4.78, 5) is 5.95. The molecule has 2 aliphatic rings. The summed E-state index contributed by atoms with van der Waals surface area (Å²) in [6.45, 7) is 3.67. The van der Waals surface area contributed by atoms with Gasteiger partial charge in [-0.1, -0.05) is 24.3 Å². The van der Waals surface area contributed by atoms with Gasteiger partial charge in [-0.05, 0) is 25.1 Å². The van der Waals surface area contributed by atoms with E-state index in [9.17, 15) is 8.42 Å². The third-order valence-corrected chi connectivity index (χ3v) is 9.50. The van der Waals surface area contributed by atoms with E-state index in [4.69, 9.17) is 26.1 Å². The van der Waals surface area contributed by atoms with Crippen molar-refractivity contribution in [3.63, 3.8) is 0 Å². The lowest BCUT2D eigenvalue weighted by Gasteiger charge is -2.38. The van der Waals surface area contributed by atoms with Crippen LogP contribution >= 0.6 is 22.9 Å². The SMILES string of the molecule is COc1ccc(-c2csc(N3CCN(S(=O)(=O)C4C=CC=CC4(C)Cl)CC3)n2)cc1OC. The number of rotatable bonds is 6. The Bertz CT molecular complexity index is 1140. The maximum atomic E-state index is 13.2. The van der Waals surface area contributed by atoms with Crippen molar-refractivity contribution >= 4 is 38.1 Å². The molecule has 172 valence electrons. The van der Waals surface area contributed by atoms with E-state index in [1.54, 1.807) is 61.1 Å². The second-order valence-corrected chi connectivity index (χ2v) is 11.5. The quantitative estimate of drug-likeness (QED) is 0.568. The zero-order chi connectivity index (χ0) is 22.9. The minimum atomic E-state index is -3.56. The topological polar surface area (TPSA) is 72.0 Å². The minimum absolute atomic E-state index is 0.397. The third kappa shape index (κ3) is 4.39. The van der Waals surface area contributed by atoms with E-state index < -0.39 is 20.1 Å². The molecule has 0 N–H and O–H groups in total. The number of piperazine rings is 1. The number of aromatic nitrogens is 1. The molecule has 0 amide bonds. The highest BCUT2D eigenvalue weighted by Crippen LogP contribution is 2.35. The molecule has 1 aliphatic heterocycles. The van der Waals surface area contributed by atoms with Crippen LogP contribution in [0.25, 0.3) is 11.3 Å². The van der Waals surface area contributed by atoms with Crippen LogP contribution in [0.4, 0.5) is 5.13 Å². The summed E-state index contributed by atoms with van der Waals surface area (Å²) in [6, 6.07) is 5.70. The van der Waals surface area contributed by atoms with E-state index in [-0.39, 0.29) is 0 Å². The highest BCUT2D eigenvalue weighted by Gasteiger charge is 2.43. The number of sulfonamides is 1. The van der Waals surface area contributed by atoms with Gasteiger partial charge in [0.05, 0.1) is 24.8 Å². The molecule has 0 spiro atoms. The summed E-state index contributed by atoms with van der Waals surface area (Å²) in [7, 11) is -0.347. The van der Waals surface area contributed by atoms with Gasteiger partial charge in [0, 0.05) is 37.1 Å². The Hall–Kier alpha value is -2.07. The lowest BCUT2D eigenvalue weighted by molar-refractivity contribution is 0.355. The predicted octanol–water partition coefficient (Wildman–Crippen LogP) is 3.77. The van der Waals surface area contributed by atoms with Crippen LogP contribution in [0.3, 0.4) is 0 Å². The van der Waals surface area contributed by atoms with Gasteiger partial charge in [-0.2, -0.15) is 4.31 Å². The van der Waals surface area contributed by atoms with Gasteiger partial charge in [-0.15, -0.1) is 22.9 Å². The van der Waals surface area contributed by atoms with Crippen LogP contribution in [-0.4, -0.2) is 68.2 Å². The Balaban J connectivity index is 1.45. The first-order valence-corrected chi connectivity index (χ1v) is 13.0. The Kier molecular flexibility index (Phi) is 6.53. The molecule has 0 radical (unpaired) electrons. The molecular weight excluding hydrogens is 470 g/mol. The molecule has 32 heavy (non-hydrogen) atoms. The fraction of sp³-hybridized carbons (Fsp3) is 0.409. The number of hydrogen-bond donors (Lipinski definition) is 0. The average Bonchev–Trinajstić information content (AvgIpc) is 3.28. The maximum Gasteiger partial charge on any atom is 0.222 e. The summed E-state index contributed by atoms with van der Waals surface area (Å²) in [5.74, 6) is 1.32. The van der Waals surface area contributed by atoms with Crippen molar-refractivity contribution in [2.75, 3.05) is 45.3 Å². The molecule has 0 bridgehead atoms. The number of ether oxygens (including phenoxy) is 2. The number of alkyl halides is 1. The van der Waals surface area contributed by atoms with Crippen LogP contribution < -0.4 is 14.4 Å². The van der Waals surface area contributed by atoms with Crippen molar-refractivity contribution in [2.24, 2.45) is 0 Å². The van der Waals surface area contributed by atoms with Gasteiger partial charge in [0.25, 0.3) is 0 Å². The Morgan fingerprint density at radius 3 is 2.50 bits per heavy atom. The standard InChI is InChI=1S/C22H26ClN3O4S2/c1-22(23)9-5-4-6-20(22)32(27,28)26-12-10-25(11-13-26)21-24-17(15-31-21)16-7-8-18(29-2)19(14-16)30-3/h4-9,14-15,20H,10-13H2,1-3H3. The van der Waals surface area contributed by atoms with E-state index in [2.05, 4.69) is 4.90 Å². The van der Waals surface area contributed by atoms with Crippen molar-refractivity contribution in [3.8, 4) is 22.8 Å². The Morgan fingerprint density at radius 1 is 1.12 bits per heavy atom. The first-order chi connectivity index (χ1) is 15.3. The number of methoxy groups -OCH3 is 2. The predicted molar refractivity (Wildman–Crippen MR) is 130 cm³/mol. The smallest absolute Gasteiger partial charge is 0.222 e. The third-order valence-electron chi connectivity index (χ3n) is 5.74. The Labute approximate surface area is 198 Å². The minimum Gasteiger partial charge on any atom is -0.493 e. The summed E-state index contributed by atoms with van der Waals surface area (Å²) in [5.41, 5.74) is 1.78. The second-order valence-electron chi connectivity index (χ2n) is 7.83. The lowest BCUT2D eigenvalue weighted by Crippen LogP contribution is -2.54. The molecule has 7 nitrogen and oxygen atoms in total. The molecule has 4 rings (SSSR count). The van der Waals surface area contributed by atoms with Crippen LogP contribution in [0.2, 0.25) is 0 Å². The van der Waals surface area contributed by atoms with Gasteiger partial charge in [0.2, 0.25) is 10.0 Å². The zero-order valence-electron chi connectivity index (χ0n) is 18.2. The van der Waals surface area contributed by atoms with E-state index >= 15 is 0 Å². The fourth-order valence-corrected chi connectivity index (χ4v) is 7.23. The maximum absolute atomic E-state index is 13.2. The van der Waals surface area contributed by atoms with Crippen LogP contribution in [0.15, 0.2) is 47.9 Å². The van der Waals surface area contributed by atoms with E-state index in [0.717, 1.165) is 16.4 Å². The van der Waals surface area contributed by atoms with Gasteiger partial charge in [-0.3, -0.25) is 0 Å². The molecule has 1 aliphatic carbocycles. The number of hydrogen-bond acceptors (Lipinski definition) is 7. The van der Waals surface area contributed by atoms with Crippen molar-refractivity contribution in [2.45, 2.75) is 17.0 Å². The molecule has 10 heteroatoms. The number of anilines is 1. The van der Waals surface area contributed by atoms with Crippen LogP contribution in [0.5, 0.6) is 11.5 Å². The first kappa shape index (κ1) is 23.1. The van der Waals surface area contributed by atoms with Crippen LogP contribution in [-0.2, 0) is 10.0 Å². The largest absolute Gasteiger partial charge is 0.493 e.